The zero-order chi connectivity index (χ0) is 12.1. The van der Waals surface area contributed by atoms with E-state index in [1.165, 1.54) is 0 Å². The Morgan fingerprint density at radius 3 is 1.88 bits per heavy atom. The predicted molar refractivity (Wildman–Crippen MR) is 72.0 cm³/mol. The van der Waals surface area contributed by atoms with Crippen LogP contribution in [0.1, 0.15) is 21.5 Å². The van der Waals surface area contributed by atoms with Crippen molar-refractivity contribution < 1.29 is 4.79 Å². The summed E-state index contributed by atoms with van der Waals surface area (Å²) in [4.78, 5) is 10.9. The SMILES string of the molecule is O=C(Cl)c1ccc(/C=C/c2ccccc2)cc1. The lowest BCUT2D eigenvalue weighted by atomic mass is 10.1. The number of halogens is 1. The number of hydrogen-bond donors (Lipinski definition) is 0. The van der Waals surface area contributed by atoms with Crippen molar-refractivity contribution in [3.05, 3.63) is 71.3 Å². The second-order valence-electron chi connectivity index (χ2n) is 3.64. The van der Waals surface area contributed by atoms with Crippen LogP contribution in [-0.4, -0.2) is 5.24 Å². The molecule has 0 aliphatic carbocycles. The van der Waals surface area contributed by atoms with Crippen molar-refractivity contribution in [2.75, 3.05) is 0 Å². The highest BCUT2D eigenvalue weighted by molar-refractivity contribution is 6.67. The molecule has 0 fully saturated rings. The highest BCUT2D eigenvalue weighted by Crippen LogP contribution is 2.10. The first-order chi connectivity index (χ1) is 8.25. The van der Waals surface area contributed by atoms with Gasteiger partial charge in [0.25, 0.3) is 5.24 Å². The van der Waals surface area contributed by atoms with Crippen LogP contribution in [-0.2, 0) is 0 Å². The molecule has 0 atom stereocenters. The van der Waals surface area contributed by atoms with Crippen LogP contribution in [0.25, 0.3) is 12.2 Å². The van der Waals surface area contributed by atoms with Gasteiger partial charge >= 0.3 is 0 Å². The van der Waals surface area contributed by atoms with Gasteiger partial charge < -0.3 is 0 Å². The van der Waals surface area contributed by atoms with Crippen molar-refractivity contribution in [1.29, 1.82) is 0 Å². The maximum atomic E-state index is 10.9. The Hall–Kier alpha value is -1.86. The molecule has 0 bridgehead atoms. The molecule has 84 valence electrons. The Bertz CT molecular complexity index is 527. The van der Waals surface area contributed by atoms with Gasteiger partial charge in [0.2, 0.25) is 0 Å². The van der Waals surface area contributed by atoms with E-state index in [4.69, 9.17) is 11.6 Å². The van der Waals surface area contributed by atoms with Gasteiger partial charge in [-0.25, -0.2) is 0 Å². The van der Waals surface area contributed by atoms with Gasteiger partial charge in [0.15, 0.2) is 0 Å². The van der Waals surface area contributed by atoms with Crippen molar-refractivity contribution in [2.45, 2.75) is 0 Å². The molecule has 0 N–H and O–H groups in total. The van der Waals surface area contributed by atoms with Crippen molar-refractivity contribution >= 4 is 29.0 Å². The predicted octanol–water partition coefficient (Wildman–Crippen LogP) is 4.24. The molecule has 2 rings (SSSR count). The van der Waals surface area contributed by atoms with Crippen LogP contribution in [0.4, 0.5) is 0 Å². The lowest BCUT2D eigenvalue weighted by Gasteiger charge is -1.96. The summed E-state index contributed by atoms with van der Waals surface area (Å²) in [6, 6.07) is 17.2. The molecule has 0 spiro atoms. The van der Waals surface area contributed by atoms with Gasteiger partial charge in [-0.2, -0.15) is 0 Å². The summed E-state index contributed by atoms with van der Waals surface area (Å²) in [5.41, 5.74) is 2.70. The highest BCUT2D eigenvalue weighted by Gasteiger charge is 1.99. The standard InChI is InChI=1S/C15H11ClO/c16-15(17)14-10-8-13(9-11-14)7-6-12-4-2-1-3-5-12/h1-11H/b7-6+. The van der Waals surface area contributed by atoms with Crippen LogP contribution in [0.5, 0.6) is 0 Å². The lowest BCUT2D eigenvalue weighted by Crippen LogP contribution is -1.87. The van der Waals surface area contributed by atoms with Gasteiger partial charge in [0.1, 0.15) is 0 Å². The minimum absolute atomic E-state index is 0.427. The van der Waals surface area contributed by atoms with E-state index in [1.807, 2.05) is 54.6 Å². The van der Waals surface area contributed by atoms with Crippen molar-refractivity contribution in [1.82, 2.24) is 0 Å². The molecule has 0 saturated heterocycles. The first-order valence-corrected chi connectivity index (χ1v) is 5.66. The molecule has 0 aliphatic heterocycles. The van der Waals surface area contributed by atoms with Crippen molar-refractivity contribution in [3.63, 3.8) is 0 Å². The third-order valence-electron chi connectivity index (χ3n) is 2.41. The van der Waals surface area contributed by atoms with Crippen LogP contribution in [0.3, 0.4) is 0 Å². The van der Waals surface area contributed by atoms with E-state index in [1.54, 1.807) is 12.1 Å². The van der Waals surface area contributed by atoms with E-state index in [9.17, 15) is 4.79 Å². The molecule has 2 aromatic carbocycles. The van der Waals surface area contributed by atoms with Gasteiger partial charge in [0, 0.05) is 5.56 Å². The maximum absolute atomic E-state index is 10.9. The molecular weight excluding hydrogens is 232 g/mol. The number of hydrogen-bond acceptors (Lipinski definition) is 1. The van der Waals surface area contributed by atoms with E-state index in [0.717, 1.165) is 11.1 Å². The fourth-order valence-electron chi connectivity index (χ4n) is 1.48. The molecule has 0 amide bonds. The minimum atomic E-state index is -0.427. The molecule has 0 radical (unpaired) electrons. The number of carbonyl (C=O) groups excluding carboxylic acids is 1. The molecule has 2 aromatic rings. The summed E-state index contributed by atoms with van der Waals surface area (Å²) in [6.07, 6.45) is 4.02. The van der Waals surface area contributed by atoms with Crippen LogP contribution < -0.4 is 0 Å². The van der Waals surface area contributed by atoms with E-state index in [0.29, 0.717) is 5.56 Å². The topological polar surface area (TPSA) is 17.1 Å². The average Bonchev–Trinajstić information content (AvgIpc) is 2.38. The molecule has 0 aromatic heterocycles. The normalized spacial score (nSPS) is 10.6. The second kappa shape index (κ2) is 5.46. The molecule has 0 heterocycles. The monoisotopic (exact) mass is 242 g/mol. The Kier molecular flexibility index (Phi) is 3.73. The van der Waals surface area contributed by atoms with Gasteiger partial charge in [-0.05, 0) is 34.9 Å². The Morgan fingerprint density at radius 1 is 0.824 bits per heavy atom. The third-order valence-corrected chi connectivity index (χ3v) is 2.62. The zero-order valence-corrected chi connectivity index (χ0v) is 9.89. The quantitative estimate of drug-likeness (QED) is 0.581. The van der Waals surface area contributed by atoms with Gasteiger partial charge in [-0.1, -0.05) is 54.6 Å². The van der Waals surface area contributed by atoms with Crippen molar-refractivity contribution in [3.8, 4) is 0 Å². The van der Waals surface area contributed by atoms with Crippen LogP contribution in [0, 0.1) is 0 Å². The smallest absolute Gasteiger partial charge is 0.252 e. The van der Waals surface area contributed by atoms with Crippen molar-refractivity contribution in [2.24, 2.45) is 0 Å². The summed E-state index contributed by atoms with van der Waals surface area (Å²) in [6.45, 7) is 0. The van der Waals surface area contributed by atoms with Crippen LogP contribution in [0.15, 0.2) is 54.6 Å². The van der Waals surface area contributed by atoms with E-state index < -0.39 is 5.24 Å². The van der Waals surface area contributed by atoms with Gasteiger partial charge in [-0.15, -0.1) is 0 Å². The first-order valence-electron chi connectivity index (χ1n) is 5.29. The van der Waals surface area contributed by atoms with E-state index in [-0.39, 0.29) is 0 Å². The summed E-state index contributed by atoms with van der Waals surface area (Å²) in [5.74, 6) is 0. The Labute approximate surface area is 105 Å². The molecule has 1 nitrogen and oxygen atoms in total. The largest absolute Gasteiger partial charge is 0.276 e. The van der Waals surface area contributed by atoms with E-state index in [2.05, 4.69) is 0 Å². The molecule has 2 heteroatoms. The van der Waals surface area contributed by atoms with Crippen LogP contribution >= 0.6 is 11.6 Å². The number of benzene rings is 2. The molecule has 0 saturated carbocycles. The highest BCUT2D eigenvalue weighted by atomic mass is 35.5. The zero-order valence-electron chi connectivity index (χ0n) is 9.14. The Balaban J connectivity index is 2.14. The second-order valence-corrected chi connectivity index (χ2v) is 3.98. The minimum Gasteiger partial charge on any atom is -0.276 e. The molecular formula is C15H11ClO. The fraction of sp³-hybridized carbons (Fsp3) is 0. The summed E-state index contributed by atoms with van der Waals surface area (Å²) >= 11 is 5.37. The summed E-state index contributed by atoms with van der Waals surface area (Å²) < 4.78 is 0. The molecule has 17 heavy (non-hydrogen) atoms. The summed E-state index contributed by atoms with van der Waals surface area (Å²) in [5, 5.41) is -0.427. The average molecular weight is 243 g/mol. The number of rotatable bonds is 3. The first kappa shape index (κ1) is 11.6. The fourth-order valence-corrected chi connectivity index (χ4v) is 1.61. The maximum Gasteiger partial charge on any atom is 0.252 e. The summed E-state index contributed by atoms with van der Waals surface area (Å²) in [7, 11) is 0. The van der Waals surface area contributed by atoms with Gasteiger partial charge in [-0.3, -0.25) is 4.79 Å². The molecule has 0 unspecified atom stereocenters. The van der Waals surface area contributed by atoms with Crippen LogP contribution in [0.2, 0.25) is 0 Å². The third kappa shape index (κ3) is 3.30. The number of carbonyl (C=O) groups is 1. The lowest BCUT2D eigenvalue weighted by molar-refractivity contribution is 0.108. The molecule has 0 aliphatic rings. The van der Waals surface area contributed by atoms with E-state index >= 15 is 0 Å². The van der Waals surface area contributed by atoms with Gasteiger partial charge in [0.05, 0.1) is 0 Å². The Morgan fingerprint density at radius 2 is 1.35 bits per heavy atom.